The van der Waals surface area contributed by atoms with Crippen molar-refractivity contribution in [1.29, 1.82) is 0 Å². The Morgan fingerprint density at radius 1 is 1.00 bits per heavy atom. The number of hydrogen-bond donors (Lipinski definition) is 1. The molecule has 116 valence electrons. The zero-order valence-electron chi connectivity index (χ0n) is 12.9. The Morgan fingerprint density at radius 3 is 2.81 bits per heavy atom. The summed E-state index contributed by atoms with van der Waals surface area (Å²) < 4.78 is 2.38. The maximum Gasteiger partial charge on any atom is 0.150 e. The van der Waals surface area contributed by atoms with Crippen molar-refractivity contribution in [1.82, 2.24) is 25.0 Å². The van der Waals surface area contributed by atoms with Crippen molar-refractivity contribution in [2.24, 2.45) is 5.92 Å². The molecule has 0 radical (unpaired) electrons. The molecule has 1 saturated carbocycles. The summed E-state index contributed by atoms with van der Waals surface area (Å²) in [5, 5.41) is 12.3. The minimum atomic E-state index is 0.520. The van der Waals surface area contributed by atoms with E-state index in [4.69, 9.17) is 0 Å². The molecule has 2 fully saturated rings. The van der Waals surface area contributed by atoms with Gasteiger partial charge in [0.25, 0.3) is 0 Å². The number of aromatic nitrogens is 3. The maximum absolute atomic E-state index is 4.55. The van der Waals surface area contributed by atoms with E-state index in [-0.39, 0.29) is 0 Å². The third-order valence-electron chi connectivity index (χ3n) is 5.53. The van der Waals surface area contributed by atoms with E-state index in [0.717, 1.165) is 31.4 Å². The molecule has 0 unspecified atom stereocenters. The van der Waals surface area contributed by atoms with Gasteiger partial charge in [-0.1, -0.05) is 19.3 Å². The van der Waals surface area contributed by atoms with Gasteiger partial charge in [-0.05, 0) is 38.1 Å². The van der Waals surface area contributed by atoms with Crippen molar-refractivity contribution in [3.05, 3.63) is 11.6 Å². The highest BCUT2D eigenvalue weighted by Gasteiger charge is 2.33. The molecule has 1 atom stereocenters. The lowest BCUT2D eigenvalue weighted by Crippen LogP contribution is -2.34. The first-order valence-corrected chi connectivity index (χ1v) is 8.78. The van der Waals surface area contributed by atoms with Crippen LogP contribution in [-0.4, -0.2) is 39.3 Å². The first-order valence-electron chi connectivity index (χ1n) is 8.78. The molecular weight excluding hydrogens is 262 g/mol. The molecule has 1 aliphatic carbocycles. The van der Waals surface area contributed by atoms with Crippen molar-refractivity contribution in [2.45, 2.75) is 64.1 Å². The number of nitrogens with zero attached hydrogens (tertiary/aromatic N) is 4. The highest BCUT2D eigenvalue weighted by atomic mass is 15.3. The third kappa shape index (κ3) is 2.73. The van der Waals surface area contributed by atoms with Crippen LogP contribution in [0.25, 0.3) is 0 Å². The van der Waals surface area contributed by atoms with Crippen molar-refractivity contribution >= 4 is 0 Å². The molecule has 2 aliphatic heterocycles. The largest absolute Gasteiger partial charge is 0.311 e. The summed E-state index contributed by atoms with van der Waals surface area (Å²) in [6.45, 7) is 5.49. The van der Waals surface area contributed by atoms with Gasteiger partial charge in [0.2, 0.25) is 0 Å². The summed E-state index contributed by atoms with van der Waals surface area (Å²) in [5.74, 6) is 3.28. The Labute approximate surface area is 127 Å². The standard InChI is InChI=1S/C16H27N5/c1-2-5-13(6-3-1)12-20-9-4-7-14(20)16-19-18-15-11-17-8-10-21(15)16/h13-14,17H,1-12H2/t14-/m0/s1. The quantitative estimate of drug-likeness (QED) is 0.925. The number of rotatable bonds is 3. The highest BCUT2D eigenvalue weighted by Crippen LogP contribution is 2.34. The second-order valence-electron chi connectivity index (χ2n) is 6.96. The fourth-order valence-electron chi connectivity index (χ4n) is 4.40. The maximum atomic E-state index is 4.55. The number of nitrogens with one attached hydrogen (secondary N) is 1. The predicted molar refractivity (Wildman–Crippen MR) is 81.9 cm³/mol. The van der Waals surface area contributed by atoms with Crippen LogP contribution in [0, 0.1) is 5.92 Å². The lowest BCUT2D eigenvalue weighted by atomic mass is 9.89. The molecule has 1 N–H and O–H groups in total. The van der Waals surface area contributed by atoms with Crippen LogP contribution < -0.4 is 5.32 Å². The summed E-state index contributed by atoms with van der Waals surface area (Å²) >= 11 is 0. The molecule has 1 aromatic rings. The molecule has 0 bridgehead atoms. The molecule has 5 heteroatoms. The molecule has 0 aromatic carbocycles. The van der Waals surface area contributed by atoms with Crippen LogP contribution in [-0.2, 0) is 13.1 Å². The van der Waals surface area contributed by atoms with E-state index in [2.05, 4.69) is 25.0 Å². The molecule has 21 heavy (non-hydrogen) atoms. The van der Waals surface area contributed by atoms with E-state index in [9.17, 15) is 0 Å². The average Bonchev–Trinajstić information content (AvgIpc) is 3.14. The molecule has 0 amide bonds. The molecule has 0 spiro atoms. The second kappa shape index (κ2) is 6.05. The summed E-state index contributed by atoms with van der Waals surface area (Å²) in [6, 6.07) is 0.520. The van der Waals surface area contributed by atoms with Gasteiger partial charge in [0.05, 0.1) is 12.6 Å². The van der Waals surface area contributed by atoms with Gasteiger partial charge in [-0.3, -0.25) is 4.90 Å². The smallest absolute Gasteiger partial charge is 0.150 e. The Kier molecular flexibility index (Phi) is 3.95. The zero-order chi connectivity index (χ0) is 14.1. The predicted octanol–water partition coefficient (Wildman–Crippen LogP) is 2.10. The van der Waals surface area contributed by atoms with Gasteiger partial charge in [-0.15, -0.1) is 10.2 Å². The number of likely N-dealkylation sites (tertiary alicyclic amines) is 1. The van der Waals surface area contributed by atoms with Crippen LogP contribution in [0.2, 0.25) is 0 Å². The molecule has 3 aliphatic rings. The van der Waals surface area contributed by atoms with Gasteiger partial charge in [-0.2, -0.15) is 0 Å². The summed E-state index contributed by atoms with van der Waals surface area (Å²) in [5.41, 5.74) is 0. The van der Waals surface area contributed by atoms with Crippen molar-refractivity contribution < 1.29 is 0 Å². The Hall–Kier alpha value is -0.940. The monoisotopic (exact) mass is 289 g/mol. The van der Waals surface area contributed by atoms with E-state index < -0.39 is 0 Å². The number of fused-ring (bicyclic) bond motifs is 1. The Bertz CT molecular complexity index is 477. The van der Waals surface area contributed by atoms with Crippen LogP contribution in [0.15, 0.2) is 0 Å². The molecule has 3 heterocycles. The highest BCUT2D eigenvalue weighted by molar-refractivity contribution is 5.05. The topological polar surface area (TPSA) is 46.0 Å². The fourth-order valence-corrected chi connectivity index (χ4v) is 4.40. The van der Waals surface area contributed by atoms with Crippen LogP contribution in [0.4, 0.5) is 0 Å². The molecule has 1 aromatic heterocycles. The minimum Gasteiger partial charge on any atom is -0.311 e. The molecule has 1 saturated heterocycles. The van der Waals surface area contributed by atoms with Crippen LogP contribution >= 0.6 is 0 Å². The summed E-state index contributed by atoms with van der Waals surface area (Å²) in [6.07, 6.45) is 9.78. The van der Waals surface area contributed by atoms with Crippen LogP contribution in [0.1, 0.15) is 62.6 Å². The van der Waals surface area contributed by atoms with Gasteiger partial charge in [0.1, 0.15) is 5.82 Å². The lowest BCUT2D eigenvalue weighted by molar-refractivity contribution is 0.180. The van der Waals surface area contributed by atoms with Crippen LogP contribution in [0.3, 0.4) is 0 Å². The van der Waals surface area contributed by atoms with Gasteiger partial charge >= 0.3 is 0 Å². The average molecular weight is 289 g/mol. The van der Waals surface area contributed by atoms with E-state index in [0.29, 0.717) is 6.04 Å². The van der Waals surface area contributed by atoms with E-state index in [1.54, 1.807) is 0 Å². The Morgan fingerprint density at radius 2 is 1.90 bits per heavy atom. The molecular formula is C16H27N5. The minimum absolute atomic E-state index is 0.520. The van der Waals surface area contributed by atoms with Crippen molar-refractivity contribution in [2.75, 3.05) is 19.6 Å². The molecule has 5 nitrogen and oxygen atoms in total. The normalized spacial score (nSPS) is 27.9. The zero-order valence-corrected chi connectivity index (χ0v) is 12.9. The summed E-state index contributed by atoms with van der Waals surface area (Å²) in [4.78, 5) is 2.70. The number of hydrogen-bond acceptors (Lipinski definition) is 4. The lowest BCUT2D eigenvalue weighted by Gasteiger charge is -2.31. The fraction of sp³-hybridized carbons (Fsp3) is 0.875. The SMILES string of the molecule is C1CCC(CN2CCC[C@H]2c2nnc3n2CCNC3)CC1. The van der Waals surface area contributed by atoms with Gasteiger partial charge in [-0.25, -0.2) is 0 Å². The molecule has 4 rings (SSSR count). The van der Waals surface area contributed by atoms with Crippen LogP contribution in [0.5, 0.6) is 0 Å². The van der Waals surface area contributed by atoms with Gasteiger partial charge < -0.3 is 9.88 Å². The Balaban J connectivity index is 1.49. The van der Waals surface area contributed by atoms with E-state index >= 15 is 0 Å². The van der Waals surface area contributed by atoms with E-state index in [1.807, 2.05) is 0 Å². The third-order valence-corrected chi connectivity index (χ3v) is 5.53. The van der Waals surface area contributed by atoms with Gasteiger partial charge in [0, 0.05) is 19.6 Å². The summed E-state index contributed by atoms with van der Waals surface area (Å²) in [7, 11) is 0. The van der Waals surface area contributed by atoms with Gasteiger partial charge in [0.15, 0.2) is 5.82 Å². The second-order valence-corrected chi connectivity index (χ2v) is 6.96. The van der Waals surface area contributed by atoms with E-state index in [1.165, 1.54) is 63.9 Å². The van der Waals surface area contributed by atoms with Crippen molar-refractivity contribution in [3.8, 4) is 0 Å². The van der Waals surface area contributed by atoms with Crippen molar-refractivity contribution in [3.63, 3.8) is 0 Å². The first-order chi connectivity index (χ1) is 10.4. The first kappa shape index (κ1) is 13.7.